The highest BCUT2D eigenvalue weighted by Crippen LogP contribution is 2.45. The molecule has 0 aromatic carbocycles. The van der Waals surface area contributed by atoms with Gasteiger partial charge in [0, 0.05) is 19.1 Å². The predicted molar refractivity (Wildman–Crippen MR) is 87.6 cm³/mol. The molecule has 0 aromatic rings. The minimum absolute atomic E-state index is 0.0336. The molecule has 1 aliphatic heterocycles. The number of rotatable bonds is 5. The standard InChI is InChI=1S/C18H35NO2/c1-17(2)12-14(18(3,4)21-17)15(19-5)16(20-6)13-10-8-7-9-11-13/h13-16,19H,7-12H2,1-6H3. The van der Waals surface area contributed by atoms with Gasteiger partial charge in [-0.3, -0.25) is 0 Å². The molecule has 2 fully saturated rings. The Labute approximate surface area is 131 Å². The van der Waals surface area contributed by atoms with E-state index in [0.29, 0.717) is 24.0 Å². The van der Waals surface area contributed by atoms with E-state index in [4.69, 9.17) is 9.47 Å². The Balaban J connectivity index is 2.16. The number of methoxy groups -OCH3 is 1. The monoisotopic (exact) mass is 297 g/mol. The van der Waals surface area contributed by atoms with Crippen molar-refractivity contribution in [1.82, 2.24) is 5.32 Å². The number of hydrogen-bond donors (Lipinski definition) is 1. The summed E-state index contributed by atoms with van der Waals surface area (Å²) in [5.74, 6) is 1.19. The van der Waals surface area contributed by atoms with E-state index in [9.17, 15) is 0 Å². The Bertz CT molecular complexity index is 334. The molecule has 1 N–H and O–H groups in total. The molecule has 0 aromatic heterocycles. The third kappa shape index (κ3) is 3.80. The molecular weight excluding hydrogens is 262 g/mol. The van der Waals surface area contributed by atoms with Crippen molar-refractivity contribution < 1.29 is 9.47 Å². The van der Waals surface area contributed by atoms with Crippen LogP contribution >= 0.6 is 0 Å². The van der Waals surface area contributed by atoms with Crippen LogP contribution in [0.2, 0.25) is 0 Å². The smallest absolute Gasteiger partial charge is 0.0756 e. The summed E-state index contributed by atoms with van der Waals surface area (Å²) in [6.45, 7) is 8.91. The number of likely N-dealkylation sites (N-methyl/N-ethyl adjacent to an activating group) is 1. The molecule has 3 unspecified atom stereocenters. The van der Waals surface area contributed by atoms with E-state index in [1.807, 2.05) is 7.11 Å². The lowest BCUT2D eigenvalue weighted by molar-refractivity contribution is -0.0885. The summed E-state index contributed by atoms with van der Waals surface area (Å²) in [5.41, 5.74) is -0.128. The SMILES string of the molecule is CNC(C(OC)C1CCCCC1)C1CC(C)(C)OC1(C)C. The van der Waals surface area contributed by atoms with Crippen LogP contribution < -0.4 is 5.32 Å². The van der Waals surface area contributed by atoms with E-state index in [2.05, 4.69) is 40.1 Å². The van der Waals surface area contributed by atoms with E-state index < -0.39 is 0 Å². The molecule has 1 saturated carbocycles. The van der Waals surface area contributed by atoms with Crippen LogP contribution in [0.15, 0.2) is 0 Å². The predicted octanol–water partition coefficient (Wildman–Crippen LogP) is 3.76. The zero-order valence-electron chi connectivity index (χ0n) is 14.9. The molecule has 1 aliphatic carbocycles. The fraction of sp³-hybridized carbons (Fsp3) is 1.00. The van der Waals surface area contributed by atoms with Crippen LogP contribution in [0.3, 0.4) is 0 Å². The summed E-state index contributed by atoms with van der Waals surface area (Å²) in [6, 6.07) is 0.370. The first kappa shape index (κ1) is 17.2. The van der Waals surface area contributed by atoms with E-state index in [1.165, 1.54) is 32.1 Å². The molecule has 1 saturated heterocycles. The Hall–Kier alpha value is -0.120. The molecular formula is C18H35NO2. The second-order valence-electron chi connectivity index (χ2n) is 8.19. The molecule has 3 heteroatoms. The maximum Gasteiger partial charge on any atom is 0.0756 e. The Morgan fingerprint density at radius 2 is 1.71 bits per heavy atom. The maximum absolute atomic E-state index is 6.32. The highest BCUT2D eigenvalue weighted by atomic mass is 16.5. The van der Waals surface area contributed by atoms with E-state index >= 15 is 0 Å². The number of hydrogen-bond acceptors (Lipinski definition) is 3. The minimum atomic E-state index is -0.0946. The van der Waals surface area contributed by atoms with Crippen LogP contribution in [0, 0.1) is 11.8 Å². The van der Waals surface area contributed by atoms with Gasteiger partial charge in [-0.05, 0) is 59.9 Å². The third-order valence-corrected chi connectivity index (χ3v) is 5.65. The summed E-state index contributed by atoms with van der Waals surface area (Å²) in [5, 5.41) is 3.58. The fourth-order valence-electron chi connectivity index (χ4n) is 4.85. The molecule has 124 valence electrons. The van der Waals surface area contributed by atoms with Crippen molar-refractivity contribution in [1.29, 1.82) is 0 Å². The van der Waals surface area contributed by atoms with Gasteiger partial charge in [-0.25, -0.2) is 0 Å². The highest BCUT2D eigenvalue weighted by molar-refractivity contribution is 5.02. The molecule has 21 heavy (non-hydrogen) atoms. The average Bonchev–Trinajstić information content (AvgIpc) is 2.64. The molecule has 3 atom stereocenters. The summed E-state index contributed by atoms with van der Waals surface area (Å²) >= 11 is 0. The van der Waals surface area contributed by atoms with Crippen molar-refractivity contribution in [2.24, 2.45) is 11.8 Å². The van der Waals surface area contributed by atoms with Gasteiger partial charge in [0.25, 0.3) is 0 Å². The Morgan fingerprint density at radius 3 is 2.14 bits per heavy atom. The second-order valence-corrected chi connectivity index (χ2v) is 8.19. The second kappa shape index (κ2) is 6.55. The van der Waals surface area contributed by atoms with Crippen LogP contribution in [0.1, 0.15) is 66.2 Å². The van der Waals surface area contributed by atoms with E-state index in [1.54, 1.807) is 0 Å². The van der Waals surface area contributed by atoms with Gasteiger partial charge in [0.1, 0.15) is 0 Å². The van der Waals surface area contributed by atoms with Crippen molar-refractivity contribution >= 4 is 0 Å². The summed E-state index contributed by atoms with van der Waals surface area (Å²) in [4.78, 5) is 0. The lowest BCUT2D eigenvalue weighted by Gasteiger charge is -2.41. The zero-order valence-corrected chi connectivity index (χ0v) is 14.9. The topological polar surface area (TPSA) is 30.5 Å². The maximum atomic E-state index is 6.32. The van der Waals surface area contributed by atoms with Gasteiger partial charge in [-0.1, -0.05) is 19.3 Å². The van der Waals surface area contributed by atoms with Gasteiger partial charge in [0.05, 0.1) is 17.3 Å². The van der Waals surface area contributed by atoms with Crippen molar-refractivity contribution in [3.05, 3.63) is 0 Å². The largest absolute Gasteiger partial charge is 0.380 e. The lowest BCUT2D eigenvalue weighted by Crippen LogP contribution is -2.53. The summed E-state index contributed by atoms with van der Waals surface area (Å²) in [6.07, 6.45) is 8.13. The van der Waals surface area contributed by atoms with Gasteiger partial charge in [0.2, 0.25) is 0 Å². The summed E-state index contributed by atoms with van der Waals surface area (Å²) in [7, 11) is 3.97. The molecule has 1 heterocycles. The van der Waals surface area contributed by atoms with Crippen molar-refractivity contribution in [3.8, 4) is 0 Å². The van der Waals surface area contributed by atoms with E-state index in [0.717, 1.165) is 6.42 Å². The molecule has 0 amide bonds. The Kier molecular flexibility index (Phi) is 5.38. The van der Waals surface area contributed by atoms with Gasteiger partial charge >= 0.3 is 0 Å². The van der Waals surface area contributed by atoms with Crippen molar-refractivity contribution in [2.75, 3.05) is 14.2 Å². The quantitative estimate of drug-likeness (QED) is 0.838. The highest BCUT2D eigenvalue weighted by Gasteiger charge is 2.51. The molecule has 0 radical (unpaired) electrons. The van der Waals surface area contributed by atoms with Crippen molar-refractivity contribution in [2.45, 2.75) is 89.6 Å². The first-order valence-corrected chi connectivity index (χ1v) is 8.71. The van der Waals surface area contributed by atoms with Crippen LogP contribution in [0.4, 0.5) is 0 Å². The van der Waals surface area contributed by atoms with Gasteiger partial charge in [-0.2, -0.15) is 0 Å². The van der Waals surface area contributed by atoms with Crippen LogP contribution in [0.25, 0.3) is 0 Å². The van der Waals surface area contributed by atoms with Crippen LogP contribution in [-0.2, 0) is 9.47 Å². The van der Waals surface area contributed by atoms with Gasteiger partial charge < -0.3 is 14.8 Å². The first-order chi connectivity index (χ1) is 9.80. The average molecular weight is 297 g/mol. The normalized spacial score (nSPS) is 32.0. The fourth-order valence-corrected chi connectivity index (χ4v) is 4.85. The van der Waals surface area contributed by atoms with Gasteiger partial charge in [0.15, 0.2) is 0 Å². The summed E-state index contributed by atoms with van der Waals surface area (Å²) < 4.78 is 12.3. The molecule has 0 spiro atoms. The van der Waals surface area contributed by atoms with Gasteiger partial charge in [-0.15, -0.1) is 0 Å². The van der Waals surface area contributed by atoms with E-state index in [-0.39, 0.29) is 11.2 Å². The molecule has 0 bridgehead atoms. The molecule has 2 rings (SSSR count). The van der Waals surface area contributed by atoms with Crippen LogP contribution in [0.5, 0.6) is 0 Å². The molecule has 3 nitrogen and oxygen atoms in total. The number of nitrogens with one attached hydrogen (secondary N) is 1. The third-order valence-electron chi connectivity index (χ3n) is 5.65. The number of ether oxygens (including phenoxy) is 2. The first-order valence-electron chi connectivity index (χ1n) is 8.71. The zero-order chi connectivity index (χ0) is 15.7. The Morgan fingerprint density at radius 1 is 1.10 bits per heavy atom. The van der Waals surface area contributed by atoms with Crippen molar-refractivity contribution in [3.63, 3.8) is 0 Å². The minimum Gasteiger partial charge on any atom is -0.380 e. The lowest BCUT2D eigenvalue weighted by atomic mass is 9.74. The van der Waals surface area contributed by atoms with Crippen LogP contribution in [-0.4, -0.2) is 37.5 Å². The molecule has 2 aliphatic rings.